The van der Waals surface area contributed by atoms with Crippen LogP contribution >= 0.6 is 11.3 Å². The van der Waals surface area contributed by atoms with Crippen molar-refractivity contribution in [1.82, 2.24) is 0 Å². The second kappa shape index (κ2) is 9.54. The predicted molar refractivity (Wildman–Crippen MR) is 108 cm³/mol. The van der Waals surface area contributed by atoms with Crippen LogP contribution in [0.3, 0.4) is 0 Å². The maximum Gasteiger partial charge on any atom is 0.338 e. The first-order chi connectivity index (χ1) is 14.1. The van der Waals surface area contributed by atoms with E-state index in [9.17, 15) is 14.9 Å². The molecule has 152 valence electrons. The van der Waals surface area contributed by atoms with Crippen molar-refractivity contribution in [1.29, 1.82) is 5.26 Å². The van der Waals surface area contributed by atoms with Gasteiger partial charge >= 0.3 is 5.97 Å². The smallest absolute Gasteiger partial charge is 0.338 e. The summed E-state index contributed by atoms with van der Waals surface area (Å²) >= 11 is 1.42. The maximum atomic E-state index is 12.3. The molecule has 1 aromatic heterocycles. The number of nitrogens with zero attached hydrogens (tertiary/aromatic N) is 1. The van der Waals surface area contributed by atoms with E-state index in [2.05, 4.69) is 11.4 Å². The number of hydrogen-bond acceptors (Lipinski definition) is 7. The summed E-state index contributed by atoms with van der Waals surface area (Å²) in [4.78, 5) is 25.7. The molecular formula is C21H22N2O5S. The standard InChI is InChI=1S/C21H22N2O5S/c1-3-27-11-14-9-13(7-8-17(14)26-2)21(25)28-12-19(24)23-20-16(10-22)15-5-4-6-18(15)29-20/h7-9H,3-6,11-12H2,1-2H3,(H,23,24). The van der Waals surface area contributed by atoms with E-state index in [0.717, 1.165) is 35.3 Å². The molecule has 1 N–H and O–H groups in total. The molecule has 1 amide bonds. The third-order valence-electron chi connectivity index (χ3n) is 4.60. The predicted octanol–water partition coefficient (Wildman–Crippen LogP) is 3.45. The SMILES string of the molecule is CCOCc1cc(C(=O)OCC(=O)Nc2sc3c(c2C#N)CCC3)ccc1OC. The molecule has 1 heterocycles. The number of rotatable bonds is 8. The molecule has 0 saturated heterocycles. The van der Waals surface area contributed by atoms with Crippen LogP contribution in [0.2, 0.25) is 0 Å². The highest BCUT2D eigenvalue weighted by Crippen LogP contribution is 2.38. The Bertz CT molecular complexity index is 961. The summed E-state index contributed by atoms with van der Waals surface area (Å²) in [6.07, 6.45) is 2.83. The zero-order valence-electron chi connectivity index (χ0n) is 16.4. The number of carbonyl (C=O) groups excluding carboxylic acids is 2. The van der Waals surface area contributed by atoms with Crippen molar-refractivity contribution in [3.63, 3.8) is 0 Å². The van der Waals surface area contributed by atoms with E-state index in [1.54, 1.807) is 25.3 Å². The molecule has 8 heteroatoms. The van der Waals surface area contributed by atoms with E-state index in [0.29, 0.717) is 35.1 Å². The van der Waals surface area contributed by atoms with Crippen LogP contribution in [-0.4, -0.2) is 32.2 Å². The van der Waals surface area contributed by atoms with Gasteiger partial charge in [-0.25, -0.2) is 4.79 Å². The fraction of sp³-hybridized carbons (Fsp3) is 0.381. The molecule has 1 aliphatic carbocycles. The average molecular weight is 414 g/mol. The van der Waals surface area contributed by atoms with E-state index >= 15 is 0 Å². The van der Waals surface area contributed by atoms with Gasteiger partial charge in [-0.2, -0.15) is 5.26 Å². The van der Waals surface area contributed by atoms with Gasteiger partial charge in [-0.05, 0) is 49.9 Å². The van der Waals surface area contributed by atoms with Crippen LogP contribution in [0.15, 0.2) is 18.2 Å². The lowest BCUT2D eigenvalue weighted by Gasteiger charge is -2.11. The number of nitrogens with one attached hydrogen (secondary N) is 1. The lowest BCUT2D eigenvalue weighted by molar-refractivity contribution is -0.119. The largest absolute Gasteiger partial charge is 0.496 e. The second-order valence-electron chi connectivity index (χ2n) is 6.46. The number of hydrogen-bond donors (Lipinski definition) is 1. The third-order valence-corrected chi connectivity index (χ3v) is 5.81. The number of aryl methyl sites for hydroxylation is 1. The fourth-order valence-corrected chi connectivity index (χ4v) is 4.47. The number of thiophene rings is 1. The summed E-state index contributed by atoms with van der Waals surface area (Å²) in [5, 5.41) is 12.6. The van der Waals surface area contributed by atoms with Gasteiger partial charge in [0, 0.05) is 17.0 Å². The van der Waals surface area contributed by atoms with Crippen molar-refractivity contribution in [2.75, 3.05) is 25.6 Å². The molecule has 0 aliphatic heterocycles. The summed E-state index contributed by atoms with van der Waals surface area (Å²) in [7, 11) is 1.54. The van der Waals surface area contributed by atoms with Crippen molar-refractivity contribution >= 4 is 28.2 Å². The van der Waals surface area contributed by atoms with Crippen molar-refractivity contribution in [3.05, 3.63) is 45.3 Å². The molecule has 1 aromatic carbocycles. The van der Waals surface area contributed by atoms with Crippen LogP contribution in [0.1, 0.15) is 45.3 Å². The molecule has 0 bridgehead atoms. The quantitative estimate of drug-likeness (QED) is 0.665. The summed E-state index contributed by atoms with van der Waals surface area (Å²) in [6, 6.07) is 7.04. The summed E-state index contributed by atoms with van der Waals surface area (Å²) < 4.78 is 15.8. The van der Waals surface area contributed by atoms with Gasteiger partial charge in [0.15, 0.2) is 6.61 Å². The molecule has 3 rings (SSSR count). The van der Waals surface area contributed by atoms with Crippen LogP contribution in [-0.2, 0) is 33.7 Å². The van der Waals surface area contributed by atoms with E-state index in [-0.39, 0.29) is 0 Å². The Morgan fingerprint density at radius 3 is 2.86 bits per heavy atom. The van der Waals surface area contributed by atoms with E-state index in [1.165, 1.54) is 11.3 Å². The van der Waals surface area contributed by atoms with Gasteiger partial charge in [0.25, 0.3) is 5.91 Å². The minimum Gasteiger partial charge on any atom is -0.496 e. The Morgan fingerprint density at radius 1 is 1.31 bits per heavy atom. The maximum absolute atomic E-state index is 12.3. The zero-order chi connectivity index (χ0) is 20.8. The topological polar surface area (TPSA) is 97.6 Å². The average Bonchev–Trinajstić information content (AvgIpc) is 3.30. The number of amides is 1. The minimum absolute atomic E-state index is 0.307. The van der Waals surface area contributed by atoms with Crippen LogP contribution in [0.5, 0.6) is 5.75 Å². The van der Waals surface area contributed by atoms with E-state index in [1.807, 2.05) is 6.92 Å². The molecule has 0 spiro atoms. The first kappa shape index (κ1) is 20.8. The molecule has 1 aliphatic rings. The van der Waals surface area contributed by atoms with E-state index < -0.39 is 18.5 Å². The van der Waals surface area contributed by atoms with Crippen LogP contribution in [0, 0.1) is 11.3 Å². The Hall–Kier alpha value is -2.89. The summed E-state index contributed by atoms with van der Waals surface area (Å²) in [5.41, 5.74) is 2.59. The van der Waals surface area contributed by atoms with Gasteiger partial charge < -0.3 is 19.5 Å². The molecule has 0 radical (unpaired) electrons. The van der Waals surface area contributed by atoms with Gasteiger partial charge in [-0.15, -0.1) is 11.3 Å². The Morgan fingerprint density at radius 2 is 2.14 bits per heavy atom. The van der Waals surface area contributed by atoms with Gasteiger partial charge in [0.2, 0.25) is 0 Å². The summed E-state index contributed by atoms with van der Waals surface area (Å²) in [5.74, 6) is -0.477. The Balaban J connectivity index is 1.61. The Kier molecular flexibility index (Phi) is 6.86. The van der Waals surface area contributed by atoms with Gasteiger partial charge in [0.1, 0.15) is 16.8 Å². The van der Waals surface area contributed by atoms with Crippen molar-refractivity contribution in [2.24, 2.45) is 0 Å². The van der Waals surface area contributed by atoms with Crippen LogP contribution < -0.4 is 10.1 Å². The number of esters is 1. The number of nitriles is 1. The summed E-state index contributed by atoms with van der Waals surface area (Å²) in [6.45, 7) is 2.29. The van der Waals surface area contributed by atoms with Gasteiger partial charge in [-0.3, -0.25) is 4.79 Å². The first-order valence-electron chi connectivity index (χ1n) is 9.33. The van der Waals surface area contributed by atoms with E-state index in [4.69, 9.17) is 14.2 Å². The van der Waals surface area contributed by atoms with Gasteiger partial charge in [0.05, 0.1) is 24.8 Å². The zero-order valence-corrected chi connectivity index (χ0v) is 17.2. The number of carbonyl (C=O) groups is 2. The molecular weight excluding hydrogens is 392 g/mol. The van der Waals surface area contributed by atoms with Crippen LogP contribution in [0.4, 0.5) is 5.00 Å². The van der Waals surface area contributed by atoms with Crippen molar-refractivity contribution < 1.29 is 23.8 Å². The van der Waals surface area contributed by atoms with Gasteiger partial charge in [-0.1, -0.05) is 0 Å². The monoisotopic (exact) mass is 414 g/mol. The highest BCUT2D eigenvalue weighted by atomic mass is 32.1. The third kappa shape index (κ3) is 4.75. The number of methoxy groups -OCH3 is 1. The lowest BCUT2D eigenvalue weighted by Crippen LogP contribution is -2.21. The molecule has 29 heavy (non-hydrogen) atoms. The second-order valence-corrected chi connectivity index (χ2v) is 7.57. The first-order valence-corrected chi connectivity index (χ1v) is 10.1. The van der Waals surface area contributed by atoms with Crippen molar-refractivity contribution in [2.45, 2.75) is 32.8 Å². The molecule has 7 nitrogen and oxygen atoms in total. The molecule has 0 unspecified atom stereocenters. The molecule has 0 saturated carbocycles. The molecule has 0 fully saturated rings. The fourth-order valence-electron chi connectivity index (χ4n) is 3.22. The van der Waals surface area contributed by atoms with Crippen molar-refractivity contribution in [3.8, 4) is 11.8 Å². The normalized spacial score (nSPS) is 12.2. The molecule has 0 atom stereocenters. The van der Waals surface area contributed by atoms with Crippen LogP contribution in [0.25, 0.3) is 0 Å². The molecule has 2 aromatic rings. The Labute approximate surface area is 173 Å². The number of ether oxygens (including phenoxy) is 3. The number of anilines is 1. The lowest BCUT2D eigenvalue weighted by atomic mass is 10.1. The highest BCUT2D eigenvalue weighted by molar-refractivity contribution is 7.16. The number of fused-ring (bicyclic) bond motifs is 1. The highest BCUT2D eigenvalue weighted by Gasteiger charge is 2.23. The number of benzene rings is 1. The minimum atomic E-state index is -0.616.